The molecular formula is C13H23N3O2. The molecule has 5 heteroatoms. The van der Waals surface area contributed by atoms with Crippen molar-refractivity contribution >= 4 is 6.09 Å². The summed E-state index contributed by atoms with van der Waals surface area (Å²) in [5.74, 6) is 0. The van der Waals surface area contributed by atoms with Gasteiger partial charge in [-0.15, -0.1) is 0 Å². The molecule has 0 saturated carbocycles. The van der Waals surface area contributed by atoms with E-state index in [-0.39, 0.29) is 12.1 Å². The number of rotatable bonds is 3. The molecule has 0 aromatic rings. The van der Waals surface area contributed by atoms with E-state index in [1.165, 1.54) is 0 Å². The molecule has 1 rings (SSSR count). The third kappa shape index (κ3) is 5.87. The Hall–Kier alpha value is -1.28. The lowest BCUT2D eigenvalue weighted by atomic mass is 10.1. The normalized spacial score (nSPS) is 21.1. The van der Waals surface area contributed by atoms with Crippen molar-refractivity contribution in [2.45, 2.75) is 51.7 Å². The lowest BCUT2D eigenvalue weighted by Gasteiger charge is -2.33. The van der Waals surface area contributed by atoms with Crippen molar-refractivity contribution in [3.8, 4) is 6.07 Å². The van der Waals surface area contributed by atoms with Gasteiger partial charge in [0.15, 0.2) is 0 Å². The number of nitriles is 1. The lowest BCUT2D eigenvalue weighted by molar-refractivity contribution is 0.0473. The van der Waals surface area contributed by atoms with E-state index in [4.69, 9.17) is 10.00 Å². The zero-order valence-electron chi connectivity index (χ0n) is 11.5. The predicted octanol–water partition coefficient (Wildman–Crippen LogP) is 1.89. The fraction of sp³-hybridized carbons (Fsp3) is 0.846. The van der Waals surface area contributed by atoms with E-state index >= 15 is 0 Å². The number of alkyl carbamates (subject to hydrolysis) is 1. The van der Waals surface area contributed by atoms with E-state index in [1.54, 1.807) is 0 Å². The molecule has 5 nitrogen and oxygen atoms in total. The Morgan fingerprint density at radius 3 is 2.89 bits per heavy atom. The Kier molecular flexibility index (Phi) is 5.42. The Bertz CT molecular complexity index is 317. The molecule has 1 N–H and O–H groups in total. The van der Waals surface area contributed by atoms with Gasteiger partial charge in [0.1, 0.15) is 5.60 Å². The number of piperidine rings is 1. The van der Waals surface area contributed by atoms with Gasteiger partial charge in [0.2, 0.25) is 0 Å². The van der Waals surface area contributed by atoms with Gasteiger partial charge < -0.3 is 15.0 Å². The van der Waals surface area contributed by atoms with Crippen molar-refractivity contribution in [3.05, 3.63) is 0 Å². The fourth-order valence-electron chi connectivity index (χ4n) is 2.06. The van der Waals surface area contributed by atoms with Crippen molar-refractivity contribution in [1.82, 2.24) is 10.2 Å². The topological polar surface area (TPSA) is 65.4 Å². The summed E-state index contributed by atoms with van der Waals surface area (Å²) in [6, 6.07) is 2.28. The van der Waals surface area contributed by atoms with Gasteiger partial charge in [-0.3, -0.25) is 0 Å². The molecule has 1 aliphatic heterocycles. The largest absolute Gasteiger partial charge is 0.444 e. The summed E-state index contributed by atoms with van der Waals surface area (Å²) < 4.78 is 5.24. The number of nitrogens with one attached hydrogen (secondary N) is 1. The van der Waals surface area contributed by atoms with Gasteiger partial charge in [0, 0.05) is 25.6 Å². The van der Waals surface area contributed by atoms with E-state index in [9.17, 15) is 4.79 Å². The minimum atomic E-state index is -0.459. The highest BCUT2D eigenvalue weighted by atomic mass is 16.6. The Balaban J connectivity index is 2.34. The van der Waals surface area contributed by atoms with Crippen molar-refractivity contribution in [1.29, 1.82) is 5.26 Å². The zero-order valence-corrected chi connectivity index (χ0v) is 11.5. The smallest absolute Gasteiger partial charge is 0.407 e. The van der Waals surface area contributed by atoms with Crippen LogP contribution in [0.15, 0.2) is 0 Å². The Labute approximate surface area is 109 Å². The molecule has 0 bridgehead atoms. The average molecular weight is 253 g/mol. The third-order valence-electron chi connectivity index (χ3n) is 2.77. The summed E-state index contributed by atoms with van der Waals surface area (Å²) >= 11 is 0. The summed E-state index contributed by atoms with van der Waals surface area (Å²) in [7, 11) is 0. The molecule has 0 aromatic carbocycles. The summed E-state index contributed by atoms with van der Waals surface area (Å²) in [4.78, 5) is 13.9. The van der Waals surface area contributed by atoms with Gasteiger partial charge in [0.05, 0.1) is 6.07 Å². The molecule has 1 saturated heterocycles. The molecule has 0 unspecified atom stereocenters. The summed E-state index contributed by atoms with van der Waals surface area (Å²) in [5, 5.41) is 11.5. The number of carbonyl (C=O) groups is 1. The highest BCUT2D eigenvalue weighted by molar-refractivity contribution is 5.68. The molecule has 18 heavy (non-hydrogen) atoms. The second-order valence-electron chi connectivity index (χ2n) is 5.69. The van der Waals surface area contributed by atoms with Gasteiger partial charge in [-0.25, -0.2) is 4.79 Å². The first-order chi connectivity index (χ1) is 8.40. The van der Waals surface area contributed by atoms with Crippen molar-refractivity contribution in [3.63, 3.8) is 0 Å². The van der Waals surface area contributed by atoms with Crippen LogP contribution in [0.4, 0.5) is 4.79 Å². The molecule has 1 fully saturated rings. The number of carbonyl (C=O) groups excluding carboxylic acids is 1. The van der Waals surface area contributed by atoms with E-state index in [2.05, 4.69) is 16.3 Å². The fourth-order valence-corrected chi connectivity index (χ4v) is 2.06. The maximum atomic E-state index is 11.6. The predicted molar refractivity (Wildman–Crippen MR) is 69.1 cm³/mol. The van der Waals surface area contributed by atoms with E-state index < -0.39 is 5.60 Å². The van der Waals surface area contributed by atoms with Gasteiger partial charge >= 0.3 is 6.09 Å². The number of amides is 1. The molecule has 1 aliphatic rings. The van der Waals surface area contributed by atoms with E-state index in [0.29, 0.717) is 6.42 Å². The maximum Gasteiger partial charge on any atom is 0.407 e. The van der Waals surface area contributed by atoms with Crippen molar-refractivity contribution in [2.24, 2.45) is 0 Å². The molecule has 1 atom stereocenters. The van der Waals surface area contributed by atoms with Gasteiger partial charge in [-0.2, -0.15) is 5.26 Å². The van der Waals surface area contributed by atoms with Crippen LogP contribution in [0.5, 0.6) is 0 Å². The van der Waals surface area contributed by atoms with Crippen LogP contribution in [0.3, 0.4) is 0 Å². The number of hydrogen-bond donors (Lipinski definition) is 1. The van der Waals surface area contributed by atoms with Crippen LogP contribution in [-0.2, 0) is 4.74 Å². The SMILES string of the molecule is CC(C)(C)OC(=O)N[C@@H]1CCCN(CCC#N)C1. The van der Waals surface area contributed by atoms with Gasteiger partial charge in [-0.05, 0) is 40.2 Å². The second-order valence-corrected chi connectivity index (χ2v) is 5.69. The maximum absolute atomic E-state index is 11.6. The quantitative estimate of drug-likeness (QED) is 0.834. The van der Waals surface area contributed by atoms with Crippen LogP contribution in [0.25, 0.3) is 0 Å². The molecule has 0 aliphatic carbocycles. The number of ether oxygens (including phenoxy) is 1. The number of nitrogens with zero attached hydrogens (tertiary/aromatic N) is 2. The number of likely N-dealkylation sites (tertiary alicyclic amines) is 1. The highest BCUT2D eigenvalue weighted by Crippen LogP contribution is 2.12. The van der Waals surface area contributed by atoms with Crippen LogP contribution in [0.1, 0.15) is 40.0 Å². The van der Waals surface area contributed by atoms with Crippen molar-refractivity contribution in [2.75, 3.05) is 19.6 Å². The molecular weight excluding hydrogens is 230 g/mol. The van der Waals surface area contributed by atoms with Crippen LogP contribution in [0, 0.1) is 11.3 Å². The molecule has 102 valence electrons. The minimum Gasteiger partial charge on any atom is -0.444 e. The van der Waals surface area contributed by atoms with Crippen LogP contribution < -0.4 is 5.32 Å². The standard InChI is InChI=1S/C13H23N3O2/c1-13(2,3)18-12(17)15-11-6-4-8-16(10-11)9-5-7-14/h11H,4-6,8-10H2,1-3H3,(H,15,17)/t11-/m1/s1. The summed E-state index contributed by atoms with van der Waals surface area (Å²) in [6.07, 6.45) is 2.21. The lowest BCUT2D eigenvalue weighted by Crippen LogP contribution is -2.49. The summed E-state index contributed by atoms with van der Waals surface area (Å²) in [5.41, 5.74) is -0.459. The number of hydrogen-bond acceptors (Lipinski definition) is 4. The average Bonchev–Trinajstić information content (AvgIpc) is 2.24. The van der Waals surface area contributed by atoms with Crippen LogP contribution in [-0.4, -0.2) is 42.3 Å². The molecule has 0 radical (unpaired) electrons. The Morgan fingerprint density at radius 1 is 1.56 bits per heavy atom. The monoisotopic (exact) mass is 253 g/mol. The third-order valence-corrected chi connectivity index (χ3v) is 2.77. The second kappa shape index (κ2) is 6.60. The molecule has 0 aromatic heterocycles. The molecule has 0 spiro atoms. The highest BCUT2D eigenvalue weighted by Gasteiger charge is 2.23. The molecule has 1 heterocycles. The van der Waals surface area contributed by atoms with Crippen LogP contribution >= 0.6 is 0 Å². The van der Waals surface area contributed by atoms with E-state index in [1.807, 2.05) is 20.8 Å². The first-order valence-electron chi connectivity index (χ1n) is 6.49. The minimum absolute atomic E-state index is 0.132. The Morgan fingerprint density at radius 2 is 2.28 bits per heavy atom. The first-order valence-corrected chi connectivity index (χ1v) is 6.49. The van der Waals surface area contributed by atoms with E-state index in [0.717, 1.165) is 32.5 Å². The zero-order chi connectivity index (χ0) is 13.6. The molecule has 1 amide bonds. The summed E-state index contributed by atoms with van der Waals surface area (Å²) in [6.45, 7) is 8.16. The first kappa shape index (κ1) is 14.8. The van der Waals surface area contributed by atoms with Gasteiger partial charge in [-0.1, -0.05) is 0 Å². The van der Waals surface area contributed by atoms with Crippen LogP contribution in [0.2, 0.25) is 0 Å². The van der Waals surface area contributed by atoms with Crippen molar-refractivity contribution < 1.29 is 9.53 Å². The van der Waals surface area contributed by atoms with Gasteiger partial charge in [0.25, 0.3) is 0 Å².